The summed E-state index contributed by atoms with van der Waals surface area (Å²) in [5.41, 5.74) is 3.17. The summed E-state index contributed by atoms with van der Waals surface area (Å²) in [7, 11) is 0. The fourth-order valence-corrected chi connectivity index (χ4v) is 3.63. The van der Waals surface area contributed by atoms with Crippen molar-refractivity contribution >= 4 is 17.8 Å². The Kier molecular flexibility index (Phi) is 9.76. The number of hydrazine groups is 1. The molecule has 1 aliphatic rings. The summed E-state index contributed by atoms with van der Waals surface area (Å²) in [6, 6.07) is 10.3. The fourth-order valence-electron chi connectivity index (χ4n) is 3.63. The minimum absolute atomic E-state index is 0.0185. The third-order valence-corrected chi connectivity index (χ3v) is 5.55. The zero-order valence-corrected chi connectivity index (χ0v) is 21.7. The summed E-state index contributed by atoms with van der Waals surface area (Å²) in [4.78, 5) is 30.2. The first-order valence-electron chi connectivity index (χ1n) is 12.3. The first-order chi connectivity index (χ1) is 18.0. The summed E-state index contributed by atoms with van der Waals surface area (Å²) in [5.74, 6) is -1.83. The second kappa shape index (κ2) is 12.8. The lowest BCUT2D eigenvalue weighted by Crippen LogP contribution is -2.51. The van der Waals surface area contributed by atoms with Crippen molar-refractivity contribution in [3.05, 3.63) is 65.2 Å². The van der Waals surface area contributed by atoms with Crippen molar-refractivity contribution in [1.82, 2.24) is 10.9 Å². The van der Waals surface area contributed by atoms with Gasteiger partial charge in [-0.3, -0.25) is 15.0 Å². The first kappa shape index (κ1) is 29.0. The van der Waals surface area contributed by atoms with Gasteiger partial charge in [-0.15, -0.1) is 0 Å². The number of aliphatic imine (C=N–C) groups is 1. The number of rotatable bonds is 12. The van der Waals surface area contributed by atoms with Crippen LogP contribution in [0.1, 0.15) is 51.2 Å². The molecule has 0 radical (unpaired) electrons. The molecule has 0 spiro atoms. The van der Waals surface area contributed by atoms with Gasteiger partial charge in [0.25, 0.3) is 5.91 Å². The van der Waals surface area contributed by atoms with Crippen molar-refractivity contribution < 1.29 is 37.7 Å². The van der Waals surface area contributed by atoms with Crippen LogP contribution in [0.25, 0.3) is 0 Å². The van der Waals surface area contributed by atoms with Gasteiger partial charge in [-0.1, -0.05) is 6.07 Å². The topological polar surface area (TPSA) is 118 Å². The molecule has 2 aromatic carbocycles. The second-order valence-corrected chi connectivity index (χ2v) is 9.78. The number of benzene rings is 2. The molecule has 206 valence electrons. The van der Waals surface area contributed by atoms with Crippen LogP contribution in [0.3, 0.4) is 0 Å². The normalized spacial score (nSPS) is 16.9. The Balaban J connectivity index is 1.75. The Labute approximate surface area is 220 Å². The van der Waals surface area contributed by atoms with Crippen molar-refractivity contribution in [2.45, 2.75) is 57.7 Å². The number of aliphatic hydroxyl groups is 1. The van der Waals surface area contributed by atoms with E-state index in [4.69, 9.17) is 19.3 Å². The van der Waals surface area contributed by atoms with Crippen LogP contribution in [0.2, 0.25) is 0 Å². The highest BCUT2D eigenvalue weighted by Gasteiger charge is 2.45. The molecule has 9 nitrogen and oxygen atoms in total. The Hall–Kier alpha value is -3.57. The molecule has 0 saturated heterocycles. The summed E-state index contributed by atoms with van der Waals surface area (Å²) in [6.07, 6.45) is 0.379. The van der Waals surface area contributed by atoms with Gasteiger partial charge in [-0.05, 0) is 63.6 Å². The standard InChI is InChI=1S/C27H33F2N3O6/c1-26(2,3)38-23(34)12-13-27(25(35)32-30-16-20-21(28)6-4-7-22(20)29)17-37-24(31-27)18-8-10-19(11-9-18)36-15-5-14-33/h4,6-11,30,33H,5,12-17H2,1-3H3,(H,32,35)/t27-/m0/s1. The fraction of sp³-hybridized carbons (Fsp3) is 0.444. The van der Waals surface area contributed by atoms with E-state index >= 15 is 0 Å². The molecule has 0 fully saturated rings. The Bertz CT molecular complexity index is 1130. The third kappa shape index (κ3) is 7.96. The number of ether oxygens (including phenoxy) is 3. The molecule has 3 N–H and O–H groups in total. The van der Waals surface area contributed by atoms with E-state index in [2.05, 4.69) is 15.8 Å². The molecule has 1 heterocycles. The van der Waals surface area contributed by atoms with Crippen LogP contribution in [-0.4, -0.2) is 53.8 Å². The van der Waals surface area contributed by atoms with Crippen molar-refractivity contribution in [2.75, 3.05) is 19.8 Å². The van der Waals surface area contributed by atoms with Gasteiger partial charge in [0.2, 0.25) is 5.90 Å². The van der Waals surface area contributed by atoms with E-state index in [0.717, 1.165) is 12.1 Å². The van der Waals surface area contributed by atoms with Crippen LogP contribution in [0.5, 0.6) is 5.75 Å². The lowest BCUT2D eigenvalue weighted by molar-refractivity contribution is -0.155. The quantitative estimate of drug-likeness (QED) is 0.218. The maximum atomic E-state index is 13.9. The molecular formula is C27H33F2N3O6. The molecule has 1 aliphatic heterocycles. The van der Waals surface area contributed by atoms with E-state index < -0.39 is 34.7 Å². The molecule has 2 aromatic rings. The Morgan fingerprint density at radius 1 is 1.13 bits per heavy atom. The minimum atomic E-state index is -1.48. The molecule has 3 rings (SSSR count). The molecule has 0 aliphatic carbocycles. The number of nitrogens with one attached hydrogen (secondary N) is 2. The van der Waals surface area contributed by atoms with E-state index in [1.165, 1.54) is 6.07 Å². The molecular weight excluding hydrogens is 500 g/mol. The molecule has 11 heteroatoms. The average molecular weight is 534 g/mol. The van der Waals surface area contributed by atoms with Gasteiger partial charge in [0.15, 0.2) is 5.54 Å². The van der Waals surface area contributed by atoms with Crippen molar-refractivity contribution in [1.29, 1.82) is 0 Å². The summed E-state index contributed by atoms with van der Waals surface area (Å²) >= 11 is 0. The van der Waals surface area contributed by atoms with E-state index in [-0.39, 0.29) is 44.1 Å². The van der Waals surface area contributed by atoms with Gasteiger partial charge < -0.3 is 19.3 Å². The number of carbonyl (C=O) groups excluding carboxylic acids is 2. The molecule has 1 amide bonds. The predicted molar refractivity (Wildman–Crippen MR) is 135 cm³/mol. The van der Waals surface area contributed by atoms with Crippen LogP contribution in [0.15, 0.2) is 47.5 Å². The van der Waals surface area contributed by atoms with Gasteiger partial charge in [-0.25, -0.2) is 19.2 Å². The highest BCUT2D eigenvalue weighted by Crippen LogP contribution is 2.28. The van der Waals surface area contributed by atoms with Gasteiger partial charge in [0, 0.05) is 37.1 Å². The van der Waals surface area contributed by atoms with E-state index in [0.29, 0.717) is 24.3 Å². The largest absolute Gasteiger partial charge is 0.494 e. The van der Waals surface area contributed by atoms with E-state index in [1.54, 1.807) is 45.0 Å². The van der Waals surface area contributed by atoms with Gasteiger partial charge in [0.1, 0.15) is 29.6 Å². The van der Waals surface area contributed by atoms with Crippen LogP contribution >= 0.6 is 0 Å². The van der Waals surface area contributed by atoms with Crippen LogP contribution in [0, 0.1) is 11.6 Å². The van der Waals surface area contributed by atoms with Gasteiger partial charge >= 0.3 is 5.97 Å². The highest BCUT2D eigenvalue weighted by molar-refractivity contribution is 6.00. The van der Waals surface area contributed by atoms with Crippen LogP contribution in [-0.2, 0) is 25.6 Å². The van der Waals surface area contributed by atoms with Gasteiger partial charge in [-0.2, -0.15) is 0 Å². The zero-order chi connectivity index (χ0) is 27.8. The SMILES string of the molecule is CC(C)(C)OC(=O)CC[C@@]1(C(=O)NNCc2c(F)cccc2F)COC(c2ccc(OCCCO)cc2)=N1. The number of aliphatic hydroxyl groups excluding tert-OH is 1. The third-order valence-electron chi connectivity index (χ3n) is 5.55. The number of halogens is 2. The molecule has 1 atom stereocenters. The molecule has 0 unspecified atom stereocenters. The highest BCUT2D eigenvalue weighted by atomic mass is 19.1. The zero-order valence-electron chi connectivity index (χ0n) is 21.7. The number of nitrogens with zero attached hydrogens (tertiary/aromatic N) is 1. The molecule has 0 saturated carbocycles. The summed E-state index contributed by atoms with van der Waals surface area (Å²) in [6.45, 7) is 5.16. The smallest absolute Gasteiger partial charge is 0.306 e. The predicted octanol–water partition coefficient (Wildman–Crippen LogP) is 3.18. The number of carbonyl (C=O) groups is 2. The van der Waals surface area contributed by atoms with E-state index in [1.807, 2.05) is 0 Å². The molecule has 0 aromatic heterocycles. The van der Waals surface area contributed by atoms with Crippen LogP contribution in [0.4, 0.5) is 8.78 Å². The maximum Gasteiger partial charge on any atom is 0.306 e. The van der Waals surface area contributed by atoms with Crippen molar-refractivity contribution in [2.24, 2.45) is 4.99 Å². The van der Waals surface area contributed by atoms with E-state index in [9.17, 15) is 18.4 Å². The lowest BCUT2D eigenvalue weighted by atomic mass is 9.94. The van der Waals surface area contributed by atoms with Crippen molar-refractivity contribution in [3.63, 3.8) is 0 Å². The molecule has 38 heavy (non-hydrogen) atoms. The summed E-state index contributed by atoms with van der Waals surface area (Å²) < 4.78 is 44.5. The maximum absolute atomic E-state index is 13.9. The number of hydrogen-bond donors (Lipinski definition) is 3. The minimum Gasteiger partial charge on any atom is -0.494 e. The number of hydrogen-bond acceptors (Lipinski definition) is 8. The monoisotopic (exact) mass is 533 g/mol. The Morgan fingerprint density at radius 3 is 2.45 bits per heavy atom. The van der Waals surface area contributed by atoms with Gasteiger partial charge in [0.05, 0.1) is 6.61 Å². The van der Waals surface area contributed by atoms with Crippen molar-refractivity contribution in [3.8, 4) is 5.75 Å². The average Bonchev–Trinajstić information content (AvgIpc) is 3.30. The summed E-state index contributed by atoms with van der Waals surface area (Å²) in [5, 5.41) is 8.88. The second-order valence-electron chi connectivity index (χ2n) is 9.78. The first-order valence-corrected chi connectivity index (χ1v) is 12.3. The molecule has 0 bridgehead atoms. The van der Waals surface area contributed by atoms with Crippen LogP contribution < -0.4 is 15.6 Å². The Morgan fingerprint density at radius 2 is 1.82 bits per heavy atom. The number of amides is 1. The lowest BCUT2D eigenvalue weighted by Gasteiger charge is -2.24. The number of esters is 1.